The van der Waals surface area contributed by atoms with Gasteiger partial charge in [-0.3, -0.25) is 4.79 Å². The van der Waals surface area contributed by atoms with E-state index < -0.39 is 21.3 Å². The summed E-state index contributed by atoms with van der Waals surface area (Å²) in [6.07, 6.45) is 0.404. The Morgan fingerprint density at radius 3 is 2.73 bits per heavy atom. The Kier molecular flexibility index (Phi) is 3.49. The van der Waals surface area contributed by atoms with E-state index in [0.29, 0.717) is 22.6 Å². The van der Waals surface area contributed by atoms with Crippen molar-refractivity contribution < 1.29 is 17.6 Å². The third kappa shape index (κ3) is 2.61. The molecule has 1 saturated heterocycles. The van der Waals surface area contributed by atoms with Gasteiger partial charge in [0.05, 0.1) is 22.1 Å². The maximum atomic E-state index is 12.5. The summed E-state index contributed by atoms with van der Waals surface area (Å²) in [7, 11) is -3.09. The molecule has 3 rings (SSSR count). The highest BCUT2D eigenvalue weighted by Crippen LogP contribution is 2.31. The highest BCUT2D eigenvalue weighted by molar-refractivity contribution is 7.91. The number of carbonyl (C=O) groups excluding carboxylic acids is 1. The van der Waals surface area contributed by atoms with Crippen LogP contribution in [0.4, 0.5) is 0 Å². The highest BCUT2D eigenvalue weighted by atomic mass is 35.5. The van der Waals surface area contributed by atoms with Gasteiger partial charge in [0, 0.05) is 10.9 Å². The average molecular weight is 342 g/mol. The molecular weight excluding hydrogens is 326 g/mol. The Hall–Kier alpha value is -1.53. The summed E-state index contributed by atoms with van der Waals surface area (Å²) in [6.45, 7) is 3.52. The number of fused-ring (bicyclic) bond motifs is 1. The molecule has 1 aliphatic heterocycles. The second-order valence-corrected chi connectivity index (χ2v) is 8.62. The first-order valence-corrected chi connectivity index (χ1v) is 9.11. The normalized spacial score (nSPS) is 23.8. The van der Waals surface area contributed by atoms with Gasteiger partial charge >= 0.3 is 0 Å². The van der Waals surface area contributed by atoms with Gasteiger partial charge in [-0.25, -0.2) is 8.42 Å². The number of rotatable bonds is 2. The molecule has 0 bridgehead atoms. The van der Waals surface area contributed by atoms with Gasteiger partial charge in [-0.15, -0.1) is 0 Å². The zero-order chi connectivity index (χ0) is 16.1. The Bertz CT molecular complexity index is 871. The fourth-order valence-corrected chi connectivity index (χ4v) is 5.17. The Balaban J connectivity index is 1.93. The van der Waals surface area contributed by atoms with Crippen LogP contribution in [0, 0.1) is 6.92 Å². The number of sulfone groups is 1. The smallest absolute Gasteiger partial charge is 0.287 e. The van der Waals surface area contributed by atoms with Crippen molar-refractivity contribution >= 4 is 38.3 Å². The molecule has 2 aromatic rings. The number of furan rings is 1. The largest absolute Gasteiger partial charge is 0.449 e. The molecule has 0 saturated carbocycles. The molecule has 1 aliphatic rings. The first-order chi connectivity index (χ1) is 10.2. The standard InChI is InChI=1S/C15H16ClNO4S/c1-9-10-4-3-5-11(16)13(10)21-12(9)14(18)17-15(2)6-7-22(19,20)8-15/h3-5H,6-8H2,1-2H3,(H,17,18). The number of benzene rings is 1. The molecule has 0 spiro atoms. The molecule has 2 heterocycles. The summed E-state index contributed by atoms with van der Waals surface area (Å²) in [4.78, 5) is 12.5. The molecule has 1 fully saturated rings. The van der Waals surface area contributed by atoms with E-state index in [1.807, 2.05) is 6.07 Å². The number of carbonyl (C=O) groups is 1. The van der Waals surface area contributed by atoms with E-state index in [1.54, 1.807) is 26.0 Å². The third-order valence-corrected chi connectivity index (χ3v) is 6.24. The van der Waals surface area contributed by atoms with E-state index in [2.05, 4.69) is 5.32 Å². The van der Waals surface area contributed by atoms with Gasteiger partial charge in [0.25, 0.3) is 5.91 Å². The average Bonchev–Trinajstić information content (AvgIpc) is 2.89. The van der Waals surface area contributed by atoms with Gasteiger partial charge in [0.2, 0.25) is 0 Å². The van der Waals surface area contributed by atoms with E-state index in [4.69, 9.17) is 16.0 Å². The number of aryl methyl sites for hydroxylation is 1. The van der Waals surface area contributed by atoms with Crippen molar-refractivity contribution in [3.8, 4) is 0 Å². The minimum absolute atomic E-state index is 0.0498. The Labute approximate surface area is 133 Å². The molecule has 1 atom stereocenters. The lowest BCUT2D eigenvalue weighted by Gasteiger charge is -2.23. The topological polar surface area (TPSA) is 76.4 Å². The van der Waals surface area contributed by atoms with E-state index in [1.165, 1.54) is 0 Å². The summed E-state index contributed by atoms with van der Waals surface area (Å²) in [5, 5.41) is 4.01. The quantitative estimate of drug-likeness (QED) is 0.911. The lowest BCUT2D eigenvalue weighted by atomic mass is 10.0. The molecule has 0 aliphatic carbocycles. The molecule has 1 aromatic carbocycles. The van der Waals surface area contributed by atoms with Crippen LogP contribution >= 0.6 is 11.6 Å². The van der Waals surface area contributed by atoms with Gasteiger partial charge in [0.1, 0.15) is 0 Å². The number of hydrogen-bond acceptors (Lipinski definition) is 4. The number of hydrogen-bond donors (Lipinski definition) is 1. The Morgan fingerprint density at radius 2 is 2.14 bits per heavy atom. The predicted molar refractivity (Wildman–Crippen MR) is 85.1 cm³/mol. The zero-order valence-electron chi connectivity index (χ0n) is 12.3. The summed E-state index contributed by atoms with van der Waals surface area (Å²) in [5.41, 5.74) is 0.404. The van der Waals surface area contributed by atoms with Gasteiger partial charge in [-0.2, -0.15) is 0 Å². The molecule has 1 aromatic heterocycles. The maximum absolute atomic E-state index is 12.5. The molecule has 118 valence electrons. The predicted octanol–water partition coefficient (Wildman–Crippen LogP) is 2.70. The van der Waals surface area contributed by atoms with Crippen LogP contribution in [0.3, 0.4) is 0 Å². The molecule has 1 amide bonds. The second kappa shape index (κ2) is 4.99. The van der Waals surface area contributed by atoms with Crippen LogP contribution in [-0.2, 0) is 9.84 Å². The van der Waals surface area contributed by atoms with Gasteiger partial charge in [0.15, 0.2) is 21.2 Å². The number of para-hydroxylation sites is 1. The summed E-state index contributed by atoms with van der Waals surface area (Å²) >= 11 is 6.08. The van der Waals surface area contributed by atoms with E-state index >= 15 is 0 Å². The van der Waals surface area contributed by atoms with Gasteiger partial charge < -0.3 is 9.73 Å². The summed E-state index contributed by atoms with van der Waals surface area (Å²) in [5.74, 6) is -0.196. The summed E-state index contributed by atoms with van der Waals surface area (Å²) in [6, 6.07) is 5.32. The number of nitrogens with one attached hydrogen (secondary N) is 1. The van der Waals surface area contributed by atoms with Crippen LogP contribution in [0.15, 0.2) is 22.6 Å². The fraction of sp³-hybridized carbons (Fsp3) is 0.400. The zero-order valence-corrected chi connectivity index (χ0v) is 13.8. The highest BCUT2D eigenvalue weighted by Gasteiger charge is 2.40. The fourth-order valence-electron chi connectivity index (χ4n) is 2.87. The minimum atomic E-state index is -3.09. The van der Waals surface area contributed by atoms with Crippen LogP contribution < -0.4 is 5.32 Å². The van der Waals surface area contributed by atoms with Gasteiger partial charge in [-0.1, -0.05) is 23.7 Å². The van der Waals surface area contributed by atoms with Crippen molar-refractivity contribution in [1.82, 2.24) is 5.32 Å². The van der Waals surface area contributed by atoms with Crippen molar-refractivity contribution in [3.63, 3.8) is 0 Å². The lowest BCUT2D eigenvalue weighted by molar-refractivity contribution is 0.0888. The van der Waals surface area contributed by atoms with Crippen molar-refractivity contribution in [2.75, 3.05) is 11.5 Å². The SMILES string of the molecule is Cc1c(C(=O)NC2(C)CCS(=O)(=O)C2)oc2c(Cl)cccc12. The Morgan fingerprint density at radius 1 is 1.41 bits per heavy atom. The maximum Gasteiger partial charge on any atom is 0.287 e. The van der Waals surface area contributed by atoms with Crippen LogP contribution in [-0.4, -0.2) is 31.4 Å². The molecular formula is C15H16ClNO4S. The number of halogens is 1. The first kappa shape index (κ1) is 15.4. The second-order valence-electron chi connectivity index (χ2n) is 6.03. The van der Waals surface area contributed by atoms with Crippen LogP contribution in [0.2, 0.25) is 5.02 Å². The van der Waals surface area contributed by atoms with Crippen molar-refractivity contribution in [2.45, 2.75) is 25.8 Å². The van der Waals surface area contributed by atoms with E-state index in [-0.39, 0.29) is 17.3 Å². The number of amides is 1. The van der Waals surface area contributed by atoms with Crippen molar-refractivity contribution in [2.24, 2.45) is 0 Å². The third-order valence-electron chi connectivity index (χ3n) is 4.04. The lowest BCUT2D eigenvalue weighted by Crippen LogP contribution is -2.47. The molecule has 1 unspecified atom stereocenters. The van der Waals surface area contributed by atoms with Gasteiger partial charge in [-0.05, 0) is 26.3 Å². The van der Waals surface area contributed by atoms with Crippen molar-refractivity contribution in [1.29, 1.82) is 0 Å². The molecule has 5 nitrogen and oxygen atoms in total. The molecule has 0 radical (unpaired) electrons. The monoisotopic (exact) mass is 341 g/mol. The van der Waals surface area contributed by atoms with Crippen LogP contribution in [0.25, 0.3) is 11.0 Å². The van der Waals surface area contributed by atoms with E-state index in [9.17, 15) is 13.2 Å². The minimum Gasteiger partial charge on any atom is -0.449 e. The molecule has 1 N–H and O–H groups in total. The van der Waals surface area contributed by atoms with E-state index in [0.717, 1.165) is 5.39 Å². The van der Waals surface area contributed by atoms with Crippen LogP contribution in [0.5, 0.6) is 0 Å². The summed E-state index contributed by atoms with van der Waals surface area (Å²) < 4.78 is 28.9. The van der Waals surface area contributed by atoms with Crippen molar-refractivity contribution in [3.05, 3.63) is 34.5 Å². The van der Waals surface area contributed by atoms with Crippen LogP contribution in [0.1, 0.15) is 29.5 Å². The molecule has 22 heavy (non-hydrogen) atoms. The first-order valence-electron chi connectivity index (χ1n) is 6.91. The molecule has 7 heteroatoms.